The molecule has 35 heavy (non-hydrogen) atoms. The maximum Gasteiger partial charge on any atom is 0.416 e. The van der Waals surface area contributed by atoms with E-state index in [0.717, 1.165) is 42.7 Å². The Balaban J connectivity index is 1.42. The van der Waals surface area contributed by atoms with Crippen LogP contribution < -0.4 is 14.4 Å². The molecule has 0 bridgehead atoms. The summed E-state index contributed by atoms with van der Waals surface area (Å²) in [4.78, 5) is 12.3. The minimum Gasteiger partial charge on any atom is -0.483 e. The number of benzene rings is 3. The van der Waals surface area contributed by atoms with Gasteiger partial charge in [0.2, 0.25) is 0 Å². The number of anilines is 2. The molecule has 0 atom stereocenters. The zero-order valence-corrected chi connectivity index (χ0v) is 19.6. The summed E-state index contributed by atoms with van der Waals surface area (Å²) in [5.41, 5.74) is 1.57. The molecule has 0 unspecified atom stereocenters. The fourth-order valence-corrected chi connectivity index (χ4v) is 5.53. The Bertz CT molecular complexity index is 1340. The molecule has 0 saturated carbocycles. The summed E-state index contributed by atoms with van der Waals surface area (Å²) in [6.07, 6.45) is -2.91. The van der Waals surface area contributed by atoms with E-state index in [2.05, 4.69) is 5.32 Å². The normalized spacial score (nSPS) is 13.8. The Morgan fingerprint density at radius 3 is 2.46 bits per heavy atom. The van der Waals surface area contributed by atoms with Crippen molar-refractivity contribution in [2.45, 2.75) is 30.8 Å². The maximum absolute atomic E-state index is 13.3. The van der Waals surface area contributed by atoms with Crippen LogP contribution in [0.4, 0.5) is 24.5 Å². The van der Waals surface area contributed by atoms with Crippen LogP contribution in [0, 0.1) is 6.92 Å². The van der Waals surface area contributed by atoms with Crippen molar-refractivity contribution >= 4 is 27.3 Å². The van der Waals surface area contributed by atoms with Crippen LogP contribution in [0.25, 0.3) is 0 Å². The number of hydrogen-bond donors (Lipinski definition) is 1. The molecule has 0 aromatic heterocycles. The highest BCUT2D eigenvalue weighted by Gasteiger charge is 2.30. The van der Waals surface area contributed by atoms with Gasteiger partial charge in [0.15, 0.2) is 6.61 Å². The lowest BCUT2D eigenvalue weighted by atomic mass is 10.0. The van der Waals surface area contributed by atoms with Crippen molar-refractivity contribution in [1.82, 2.24) is 0 Å². The van der Waals surface area contributed by atoms with Crippen molar-refractivity contribution in [3.05, 3.63) is 83.4 Å². The van der Waals surface area contributed by atoms with Crippen LogP contribution in [0.15, 0.2) is 71.6 Å². The third-order valence-corrected chi connectivity index (χ3v) is 7.47. The van der Waals surface area contributed by atoms with E-state index >= 15 is 0 Å². The zero-order chi connectivity index (χ0) is 25.2. The quantitative estimate of drug-likeness (QED) is 0.503. The highest BCUT2D eigenvalue weighted by Crippen LogP contribution is 2.33. The number of ether oxygens (including phenoxy) is 1. The average molecular weight is 505 g/mol. The van der Waals surface area contributed by atoms with Gasteiger partial charge in [-0.25, -0.2) is 8.42 Å². The van der Waals surface area contributed by atoms with E-state index in [4.69, 9.17) is 4.74 Å². The number of aryl methyl sites for hydroxylation is 2. The largest absolute Gasteiger partial charge is 0.483 e. The topological polar surface area (TPSA) is 75.7 Å². The van der Waals surface area contributed by atoms with Crippen LogP contribution in [0.1, 0.15) is 23.1 Å². The van der Waals surface area contributed by atoms with Gasteiger partial charge in [-0.2, -0.15) is 13.2 Å². The molecule has 1 heterocycles. The highest BCUT2D eigenvalue weighted by molar-refractivity contribution is 7.92. The first kappa shape index (κ1) is 24.6. The predicted molar refractivity (Wildman–Crippen MR) is 126 cm³/mol. The number of alkyl halides is 3. The molecule has 6 nitrogen and oxygen atoms in total. The lowest BCUT2D eigenvalue weighted by Gasteiger charge is -2.30. The van der Waals surface area contributed by atoms with Crippen LogP contribution >= 0.6 is 0 Å². The summed E-state index contributed by atoms with van der Waals surface area (Å²) >= 11 is 0. The van der Waals surface area contributed by atoms with Gasteiger partial charge in [-0.3, -0.25) is 9.10 Å². The number of nitrogens with zero attached hydrogens (tertiary/aromatic N) is 1. The van der Waals surface area contributed by atoms with Gasteiger partial charge >= 0.3 is 6.18 Å². The second-order valence-corrected chi connectivity index (χ2v) is 10.0. The minimum atomic E-state index is -4.46. The number of nitrogens with one attached hydrogen (secondary N) is 1. The summed E-state index contributed by atoms with van der Waals surface area (Å²) in [6, 6.07) is 15.9. The van der Waals surface area contributed by atoms with Gasteiger partial charge in [0, 0.05) is 12.2 Å². The lowest BCUT2D eigenvalue weighted by Crippen LogP contribution is -2.35. The molecule has 3 aromatic rings. The number of hydrogen-bond acceptors (Lipinski definition) is 4. The molecule has 0 aliphatic carbocycles. The number of amides is 1. The zero-order valence-electron chi connectivity index (χ0n) is 18.8. The Hall–Kier alpha value is -3.53. The van der Waals surface area contributed by atoms with Crippen LogP contribution in [0.5, 0.6) is 5.75 Å². The summed E-state index contributed by atoms with van der Waals surface area (Å²) in [6.45, 7) is 1.67. The third kappa shape index (κ3) is 5.43. The van der Waals surface area contributed by atoms with Gasteiger partial charge < -0.3 is 10.1 Å². The molecule has 1 aliphatic heterocycles. The molecule has 1 N–H and O–H groups in total. The molecule has 0 spiro atoms. The Kier molecular flexibility index (Phi) is 6.75. The van der Waals surface area contributed by atoms with Gasteiger partial charge in [0.1, 0.15) is 5.75 Å². The Morgan fingerprint density at radius 1 is 1.06 bits per heavy atom. The molecule has 3 aromatic carbocycles. The smallest absolute Gasteiger partial charge is 0.416 e. The number of halogens is 3. The van der Waals surface area contributed by atoms with E-state index in [0.29, 0.717) is 23.5 Å². The van der Waals surface area contributed by atoms with Crippen molar-refractivity contribution in [3.8, 4) is 5.75 Å². The molecule has 4 rings (SSSR count). The summed E-state index contributed by atoms with van der Waals surface area (Å²) in [7, 11) is -3.78. The van der Waals surface area contributed by atoms with Crippen LogP contribution in [-0.4, -0.2) is 27.5 Å². The first-order valence-corrected chi connectivity index (χ1v) is 12.3. The number of carbonyl (C=O) groups is 1. The minimum absolute atomic E-state index is 0.119. The number of carbonyl (C=O) groups excluding carboxylic acids is 1. The van der Waals surface area contributed by atoms with Gasteiger partial charge in [-0.15, -0.1) is 0 Å². The predicted octanol–water partition coefficient (Wildman–Crippen LogP) is 5.17. The van der Waals surface area contributed by atoms with E-state index in [1.807, 2.05) is 18.2 Å². The SMILES string of the molecule is Cc1cc(S(=O)(=O)N2CCCc3ccccc32)ccc1OCC(=O)Nc1ccc(C(F)(F)F)cc1. The Morgan fingerprint density at radius 2 is 1.77 bits per heavy atom. The number of fused-ring (bicyclic) bond motifs is 1. The van der Waals surface area contributed by atoms with Crippen molar-refractivity contribution in [2.24, 2.45) is 0 Å². The summed E-state index contributed by atoms with van der Waals surface area (Å²) < 4.78 is 71.5. The van der Waals surface area contributed by atoms with E-state index in [1.54, 1.807) is 13.0 Å². The van der Waals surface area contributed by atoms with Gasteiger partial charge in [0.25, 0.3) is 15.9 Å². The van der Waals surface area contributed by atoms with E-state index < -0.39 is 34.3 Å². The fraction of sp³-hybridized carbons (Fsp3) is 0.240. The first-order chi connectivity index (χ1) is 16.6. The second kappa shape index (κ2) is 9.61. The van der Waals surface area contributed by atoms with Crippen molar-refractivity contribution in [3.63, 3.8) is 0 Å². The molecule has 184 valence electrons. The molecule has 0 radical (unpaired) electrons. The van der Waals surface area contributed by atoms with Gasteiger partial charge in [-0.05, 0) is 79.4 Å². The van der Waals surface area contributed by atoms with E-state index in [-0.39, 0.29) is 10.6 Å². The fourth-order valence-electron chi connectivity index (χ4n) is 3.90. The van der Waals surface area contributed by atoms with Gasteiger partial charge in [-0.1, -0.05) is 18.2 Å². The maximum atomic E-state index is 13.3. The van der Waals surface area contributed by atoms with Crippen LogP contribution in [0.2, 0.25) is 0 Å². The number of sulfonamides is 1. The number of rotatable bonds is 6. The van der Waals surface area contributed by atoms with Gasteiger partial charge in [0.05, 0.1) is 16.1 Å². The van der Waals surface area contributed by atoms with Crippen molar-refractivity contribution < 1.29 is 31.1 Å². The summed E-state index contributed by atoms with van der Waals surface area (Å²) in [5, 5.41) is 2.46. The molecular formula is C25H23F3N2O4S. The first-order valence-electron chi connectivity index (χ1n) is 10.9. The number of para-hydroxylation sites is 1. The Labute approximate surface area is 201 Å². The molecule has 1 aliphatic rings. The van der Waals surface area contributed by atoms with E-state index in [9.17, 15) is 26.4 Å². The van der Waals surface area contributed by atoms with Crippen LogP contribution in [0.3, 0.4) is 0 Å². The lowest BCUT2D eigenvalue weighted by molar-refractivity contribution is -0.137. The van der Waals surface area contributed by atoms with Crippen LogP contribution in [-0.2, 0) is 27.4 Å². The highest BCUT2D eigenvalue weighted by atomic mass is 32.2. The van der Waals surface area contributed by atoms with Crippen molar-refractivity contribution in [2.75, 3.05) is 22.8 Å². The summed E-state index contributed by atoms with van der Waals surface area (Å²) in [5.74, 6) is -0.239. The molecule has 1 amide bonds. The van der Waals surface area contributed by atoms with Crippen molar-refractivity contribution in [1.29, 1.82) is 0 Å². The third-order valence-electron chi connectivity index (χ3n) is 5.66. The standard InChI is InChI=1S/C25H23F3N2O4S/c1-17-15-21(35(32,33)30-14-4-6-18-5-2-3-7-22(18)30)12-13-23(17)34-16-24(31)29-20-10-8-19(9-11-20)25(26,27)28/h2-3,5,7-13,15H,4,6,14,16H2,1H3,(H,29,31). The monoisotopic (exact) mass is 504 g/mol. The second-order valence-electron chi connectivity index (χ2n) is 8.15. The molecular weight excluding hydrogens is 481 g/mol. The molecule has 0 fully saturated rings. The van der Waals surface area contributed by atoms with E-state index in [1.165, 1.54) is 22.5 Å². The molecule has 10 heteroatoms. The average Bonchev–Trinajstić information content (AvgIpc) is 2.82. The molecule has 0 saturated heterocycles.